The second-order valence-corrected chi connectivity index (χ2v) is 7.52. The fraction of sp³-hybridized carbons (Fsp3) is 1.00. The van der Waals surface area contributed by atoms with Crippen LogP contribution in [-0.4, -0.2) is 38.0 Å². The quantitative estimate of drug-likeness (QED) is 0.741. The first-order chi connectivity index (χ1) is 7.55. The first-order valence-electron chi connectivity index (χ1n) is 6.27. The molecule has 0 aromatic carbocycles. The predicted molar refractivity (Wildman–Crippen MR) is 65.0 cm³/mol. The maximum Gasteiger partial charge on any atom is 0.150 e. The molecule has 94 valence electrons. The maximum atomic E-state index is 11.3. The van der Waals surface area contributed by atoms with Gasteiger partial charge < -0.3 is 11.1 Å². The summed E-state index contributed by atoms with van der Waals surface area (Å²) in [5.41, 5.74) is 5.94. The Morgan fingerprint density at radius 1 is 1.00 bits per heavy atom. The van der Waals surface area contributed by atoms with E-state index in [-0.39, 0.29) is 0 Å². The van der Waals surface area contributed by atoms with Gasteiger partial charge in [-0.2, -0.15) is 0 Å². The molecule has 0 bridgehead atoms. The normalized spacial score (nSPS) is 36.1. The summed E-state index contributed by atoms with van der Waals surface area (Å²) >= 11 is 0. The smallest absolute Gasteiger partial charge is 0.150 e. The fourth-order valence-corrected chi connectivity index (χ4v) is 4.26. The highest BCUT2D eigenvalue weighted by molar-refractivity contribution is 7.91. The Kier molecular flexibility index (Phi) is 3.87. The van der Waals surface area contributed by atoms with Crippen molar-refractivity contribution in [3.63, 3.8) is 0 Å². The summed E-state index contributed by atoms with van der Waals surface area (Å²) in [5, 5.41) is 3.58. The first kappa shape index (κ1) is 12.3. The number of rotatable bonds is 2. The van der Waals surface area contributed by atoms with Crippen LogP contribution in [0.25, 0.3) is 0 Å². The minimum Gasteiger partial charge on any atom is -0.328 e. The van der Waals surface area contributed by atoms with Gasteiger partial charge in [0, 0.05) is 18.1 Å². The zero-order chi connectivity index (χ0) is 11.6. The van der Waals surface area contributed by atoms with E-state index in [9.17, 15) is 8.42 Å². The van der Waals surface area contributed by atoms with Gasteiger partial charge in [-0.1, -0.05) is 6.42 Å². The SMILES string of the molecule is NC1CCCC(NC2CCS(=O)(=O)CC2)C1. The van der Waals surface area contributed by atoms with Gasteiger partial charge in [0.05, 0.1) is 11.5 Å². The van der Waals surface area contributed by atoms with Crippen LogP contribution < -0.4 is 11.1 Å². The van der Waals surface area contributed by atoms with E-state index in [0.29, 0.717) is 29.6 Å². The van der Waals surface area contributed by atoms with Gasteiger partial charge in [0.25, 0.3) is 0 Å². The Bertz CT molecular complexity index is 315. The molecule has 1 saturated heterocycles. The van der Waals surface area contributed by atoms with Gasteiger partial charge >= 0.3 is 0 Å². The molecule has 3 N–H and O–H groups in total. The van der Waals surface area contributed by atoms with Crippen molar-refractivity contribution in [3.8, 4) is 0 Å². The lowest BCUT2D eigenvalue weighted by atomic mass is 9.91. The van der Waals surface area contributed by atoms with Crippen LogP contribution in [-0.2, 0) is 9.84 Å². The van der Waals surface area contributed by atoms with E-state index < -0.39 is 9.84 Å². The minimum absolute atomic E-state index is 0.332. The molecule has 0 radical (unpaired) electrons. The van der Waals surface area contributed by atoms with Crippen molar-refractivity contribution >= 4 is 9.84 Å². The van der Waals surface area contributed by atoms with E-state index in [2.05, 4.69) is 5.32 Å². The average Bonchev–Trinajstić information content (AvgIpc) is 2.21. The Morgan fingerprint density at radius 3 is 2.31 bits per heavy atom. The number of hydrogen-bond acceptors (Lipinski definition) is 4. The number of sulfone groups is 1. The molecule has 0 aromatic heterocycles. The van der Waals surface area contributed by atoms with Crippen molar-refractivity contribution < 1.29 is 8.42 Å². The van der Waals surface area contributed by atoms with Crippen LogP contribution >= 0.6 is 0 Å². The Balaban J connectivity index is 1.78. The molecule has 2 atom stereocenters. The first-order valence-corrected chi connectivity index (χ1v) is 8.09. The molecule has 1 heterocycles. The third-order valence-electron chi connectivity index (χ3n) is 3.74. The molecule has 1 aliphatic carbocycles. The predicted octanol–water partition coefficient (Wildman–Crippen LogP) is 0.423. The highest BCUT2D eigenvalue weighted by atomic mass is 32.2. The van der Waals surface area contributed by atoms with Crippen molar-refractivity contribution in [1.29, 1.82) is 0 Å². The third kappa shape index (κ3) is 3.43. The maximum absolute atomic E-state index is 11.3. The van der Waals surface area contributed by atoms with Gasteiger partial charge in [0.15, 0.2) is 0 Å². The second kappa shape index (κ2) is 5.02. The average molecular weight is 246 g/mol. The summed E-state index contributed by atoms with van der Waals surface area (Å²) in [6, 6.07) is 1.23. The van der Waals surface area contributed by atoms with E-state index in [0.717, 1.165) is 25.7 Å². The van der Waals surface area contributed by atoms with E-state index >= 15 is 0 Å². The van der Waals surface area contributed by atoms with Gasteiger partial charge in [-0.05, 0) is 32.1 Å². The monoisotopic (exact) mass is 246 g/mol. The molecule has 2 rings (SSSR count). The van der Waals surface area contributed by atoms with Crippen LogP contribution in [0, 0.1) is 0 Å². The molecule has 5 heteroatoms. The topological polar surface area (TPSA) is 72.2 Å². The van der Waals surface area contributed by atoms with Crippen molar-refractivity contribution in [3.05, 3.63) is 0 Å². The number of nitrogens with one attached hydrogen (secondary N) is 1. The van der Waals surface area contributed by atoms with E-state index in [1.807, 2.05) is 0 Å². The molecule has 16 heavy (non-hydrogen) atoms. The summed E-state index contributed by atoms with van der Waals surface area (Å²) in [7, 11) is -2.73. The van der Waals surface area contributed by atoms with Crippen LogP contribution in [0.15, 0.2) is 0 Å². The fourth-order valence-electron chi connectivity index (χ4n) is 2.77. The molecule has 0 aromatic rings. The van der Waals surface area contributed by atoms with Gasteiger partial charge in [-0.3, -0.25) is 0 Å². The minimum atomic E-state index is -2.73. The molecule has 4 nitrogen and oxygen atoms in total. The Morgan fingerprint density at radius 2 is 1.69 bits per heavy atom. The van der Waals surface area contributed by atoms with Gasteiger partial charge in [-0.25, -0.2) is 8.42 Å². The summed E-state index contributed by atoms with van der Waals surface area (Å²) < 4.78 is 22.6. The zero-order valence-electron chi connectivity index (χ0n) is 9.69. The molecule has 2 aliphatic rings. The van der Waals surface area contributed by atoms with Crippen molar-refractivity contribution in [2.75, 3.05) is 11.5 Å². The van der Waals surface area contributed by atoms with Gasteiger partial charge in [-0.15, -0.1) is 0 Å². The molecular weight excluding hydrogens is 224 g/mol. The highest BCUT2D eigenvalue weighted by Crippen LogP contribution is 2.20. The lowest BCUT2D eigenvalue weighted by Crippen LogP contribution is -2.46. The molecular formula is C11H22N2O2S. The molecule has 0 spiro atoms. The van der Waals surface area contributed by atoms with Crippen molar-refractivity contribution in [1.82, 2.24) is 5.32 Å². The molecule has 1 aliphatic heterocycles. The second-order valence-electron chi connectivity index (χ2n) is 5.22. The van der Waals surface area contributed by atoms with Crippen LogP contribution in [0.4, 0.5) is 0 Å². The Hall–Kier alpha value is -0.130. The molecule has 2 fully saturated rings. The van der Waals surface area contributed by atoms with E-state index in [1.165, 1.54) is 12.8 Å². The molecule has 0 amide bonds. The molecule has 2 unspecified atom stereocenters. The van der Waals surface area contributed by atoms with E-state index in [4.69, 9.17) is 5.73 Å². The van der Waals surface area contributed by atoms with Crippen LogP contribution in [0.1, 0.15) is 38.5 Å². The summed E-state index contributed by atoms with van der Waals surface area (Å²) in [5.74, 6) is 0.701. The van der Waals surface area contributed by atoms with Gasteiger partial charge in [0.1, 0.15) is 9.84 Å². The molecule has 1 saturated carbocycles. The van der Waals surface area contributed by atoms with E-state index in [1.54, 1.807) is 0 Å². The zero-order valence-corrected chi connectivity index (χ0v) is 10.5. The Labute approximate surface area is 97.9 Å². The lowest BCUT2D eigenvalue weighted by molar-refractivity contribution is 0.301. The summed E-state index contributed by atoms with van der Waals surface area (Å²) in [6.45, 7) is 0. The highest BCUT2D eigenvalue weighted by Gasteiger charge is 2.27. The number of nitrogens with two attached hydrogens (primary N) is 1. The number of hydrogen-bond donors (Lipinski definition) is 2. The van der Waals surface area contributed by atoms with Crippen LogP contribution in [0.3, 0.4) is 0 Å². The van der Waals surface area contributed by atoms with Crippen molar-refractivity contribution in [2.45, 2.75) is 56.7 Å². The summed E-state index contributed by atoms with van der Waals surface area (Å²) in [4.78, 5) is 0. The van der Waals surface area contributed by atoms with Crippen LogP contribution in [0.5, 0.6) is 0 Å². The van der Waals surface area contributed by atoms with Gasteiger partial charge in [0.2, 0.25) is 0 Å². The summed E-state index contributed by atoms with van der Waals surface area (Å²) in [6.07, 6.45) is 6.11. The largest absolute Gasteiger partial charge is 0.328 e. The van der Waals surface area contributed by atoms with Crippen molar-refractivity contribution in [2.24, 2.45) is 5.73 Å². The standard InChI is InChI=1S/C11H22N2O2S/c12-9-2-1-3-11(8-9)13-10-4-6-16(14,15)7-5-10/h9-11,13H,1-8,12H2. The lowest BCUT2D eigenvalue weighted by Gasteiger charge is -2.32. The van der Waals surface area contributed by atoms with Crippen LogP contribution in [0.2, 0.25) is 0 Å². The third-order valence-corrected chi connectivity index (χ3v) is 5.46.